The third-order valence-corrected chi connectivity index (χ3v) is 6.45. The van der Waals surface area contributed by atoms with Gasteiger partial charge in [-0.2, -0.15) is 0 Å². The maximum atomic E-state index is 13.5. The van der Waals surface area contributed by atoms with Crippen molar-refractivity contribution >= 4 is 34.4 Å². The maximum Gasteiger partial charge on any atom is 0.302 e. The molecule has 2 N–H and O–H groups in total. The smallest absolute Gasteiger partial charge is 0.302 e. The molecule has 9 heteroatoms. The molecule has 0 spiro atoms. The van der Waals surface area contributed by atoms with Crippen LogP contribution in [0.4, 0.5) is 5.95 Å². The lowest BCUT2D eigenvalue weighted by Gasteiger charge is -2.23. The zero-order valence-corrected chi connectivity index (χ0v) is 22.1. The Kier molecular flexibility index (Phi) is 6.98. The molecular weight excluding hydrogens is 498 g/mol. The van der Waals surface area contributed by atoms with Crippen molar-refractivity contribution in [3.05, 3.63) is 83.4 Å². The van der Waals surface area contributed by atoms with Crippen LogP contribution in [0.25, 0.3) is 16.8 Å². The number of aromatic amines is 1. The molecule has 0 bridgehead atoms. The van der Waals surface area contributed by atoms with Gasteiger partial charge in [0.15, 0.2) is 0 Å². The summed E-state index contributed by atoms with van der Waals surface area (Å²) in [6.07, 6.45) is 0. The summed E-state index contributed by atoms with van der Waals surface area (Å²) in [7, 11) is 3.09. The Labute approximate surface area is 225 Å². The summed E-state index contributed by atoms with van der Waals surface area (Å²) < 4.78 is 16.5. The fraction of sp³-hybridized carbons (Fsp3) is 0.233. The van der Waals surface area contributed by atoms with Crippen LogP contribution < -0.4 is 19.1 Å². The molecule has 1 aliphatic heterocycles. The number of amides is 1. The molecule has 200 valence electrons. The van der Waals surface area contributed by atoms with Crippen LogP contribution in [0.1, 0.15) is 31.0 Å². The first-order chi connectivity index (χ1) is 18.8. The highest BCUT2D eigenvalue weighted by atomic mass is 16.5. The summed E-state index contributed by atoms with van der Waals surface area (Å²) in [5, 5.41) is 11.5. The van der Waals surface area contributed by atoms with Crippen molar-refractivity contribution < 1.29 is 28.9 Å². The minimum atomic E-state index is -0.970. The van der Waals surface area contributed by atoms with E-state index in [4.69, 9.17) is 14.2 Å². The largest absolute Gasteiger partial charge is 0.507 e. The van der Waals surface area contributed by atoms with E-state index in [9.17, 15) is 14.7 Å². The highest BCUT2D eigenvalue weighted by Gasteiger charge is 2.48. The predicted molar refractivity (Wildman–Crippen MR) is 147 cm³/mol. The third-order valence-electron chi connectivity index (χ3n) is 6.45. The molecule has 2 heterocycles. The number of anilines is 1. The van der Waals surface area contributed by atoms with E-state index in [0.29, 0.717) is 51.9 Å². The summed E-state index contributed by atoms with van der Waals surface area (Å²) in [5.74, 6) is 0.225. The number of ether oxygens (including phenoxy) is 3. The molecule has 1 unspecified atom stereocenters. The summed E-state index contributed by atoms with van der Waals surface area (Å²) >= 11 is 0. The molecule has 4 aromatic rings. The number of H-pyrrole nitrogens is 1. The molecule has 9 nitrogen and oxygen atoms in total. The van der Waals surface area contributed by atoms with Gasteiger partial charge >= 0.3 is 5.91 Å². The van der Waals surface area contributed by atoms with E-state index in [1.165, 1.54) is 12.0 Å². The van der Waals surface area contributed by atoms with Gasteiger partial charge in [-0.1, -0.05) is 38.1 Å². The molecule has 1 aliphatic rings. The van der Waals surface area contributed by atoms with Crippen molar-refractivity contribution in [2.24, 2.45) is 5.92 Å². The third kappa shape index (κ3) is 4.90. The van der Waals surface area contributed by atoms with Crippen LogP contribution in [-0.2, 0) is 9.59 Å². The molecule has 0 aliphatic carbocycles. The average molecular weight is 528 g/mol. The summed E-state index contributed by atoms with van der Waals surface area (Å²) in [6.45, 7) is 4.57. The monoisotopic (exact) mass is 527 g/mol. The number of carbonyl (C=O) groups excluding carboxylic acids is 2. The van der Waals surface area contributed by atoms with Gasteiger partial charge in [0.05, 0.1) is 43.5 Å². The van der Waals surface area contributed by atoms with Crippen molar-refractivity contribution in [2.75, 3.05) is 25.7 Å². The van der Waals surface area contributed by atoms with Crippen LogP contribution in [0.3, 0.4) is 0 Å². The van der Waals surface area contributed by atoms with E-state index < -0.39 is 17.7 Å². The lowest BCUT2D eigenvalue weighted by Crippen LogP contribution is -2.30. The second-order valence-corrected chi connectivity index (χ2v) is 9.62. The number of nitrogens with zero attached hydrogens (tertiary/aromatic N) is 2. The van der Waals surface area contributed by atoms with Gasteiger partial charge in [0, 0.05) is 11.6 Å². The van der Waals surface area contributed by atoms with Crippen LogP contribution in [0, 0.1) is 5.92 Å². The number of imidazole rings is 1. The number of benzene rings is 3. The van der Waals surface area contributed by atoms with Gasteiger partial charge in [0.2, 0.25) is 5.95 Å². The quantitative estimate of drug-likeness (QED) is 0.183. The van der Waals surface area contributed by atoms with Gasteiger partial charge in [0.1, 0.15) is 23.0 Å². The number of nitrogens with one attached hydrogen (secondary N) is 1. The molecule has 0 saturated carbocycles. The Morgan fingerprint density at radius 2 is 1.69 bits per heavy atom. The number of aliphatic hydroxyl groups excluding tert-OH is 1. The minimum absolute atomic E-state index is 0.0627. The zero-order valence-electron chi connectivity index (χ0n) is 22.1. The van der Waals surface area contributed by atoms with Crippen molar-refractivity contribution in [2.45, 2.75) is 19.9 Å². The number of fused-ring (bicyclic) bond motifs is 1. The van der Waals surface area contributed by atoms with Crippen LogP contribution >= 0.6 is 0 Å². The van der Waals surface area contributed by atoms with Crippen molar-refractivity contribution in [3.63, 3.8) is 0 Å². The maximum absolute atomic E-state index is 13.5. The Morgan fingerprint density at radius 3 is 2.44 bits per heavy atom. The van der Waals surface area contributed by atoms with E-state index in [1.807, 2.05) is 13.8 Å². The Bertz CT molecular complexity index is 1590. The highest BCUT2D eigenvalue weighted by molar-refractivity contribution is 6.51. The standard InChI is InChI=1S/C30H29N3O6/c1-17(2)16-39-22-10-6-8-19(14-22)27(34)25-26(18-7-5-9-20(13-18)37-3)33(29(36)28(25)35)30-31-23-12-11-21(38-4)15-24(23)32-30/h5-15,17,26,34H,16H2,1-4H3,(H,31,32)/b27-25+. The number of ketones is 1. The number of carbonyl (C=O) groups is 2. The molecule has 1 amide bonds. The van der Waals surface area contributed by atoms with Gasteiger partial charge in [-0.3, -0.25) is 14.5 Å². The summed E-state index contributed by atoms with van der Waals surface area (Å²) in [6, 6.07) is 18.2. The van der Waals surface area contributed by atoms with Crippen LogP contribution in [0.5, 0.6) is 17.2 Å². The van der Waals surface area contributed by atoms with E-state index >= 15 is 0 Å². The number of hydrogen-bond donors (Lipinski definition) is 2. The predicted octanol–water partition coefficient (Wildman–Crippen LogP) is 5.24. The molecule has 1 aromatic heterocycles. The van der Waals surface area contributed by atoms with Crippen molar-refractivity contribution in [3.8, 4) is 17.2 Å². The number of aliphatic hydroxyl groups is 1. The molecule has 5 rings (SSSR count). The number of hydrogen-bond acceptors (Lipinski definition) is 7. The Morgan fingerprint density at radius 1 is 0.974 bits per heavy atom. The van der Waals surface area contributed by atoms with Gasteiger partial charge in [-0.05, 0) is 47.9 Å². The normalized spacial score (nSPS) is 16.7. The Balaban J connectivity index is 1.67. The Hall–Kier alpha value is -4.79. The fourth-order valence-electron chi connectivity index (χ4n) is 4.55. The fourth-order valence-corrected chi connectivity index (χ4v) is 4.55. The first-order valence-electron chi connectivity index (χ1n) is 12.5. The van der Waals surface area contributed by atoms with E-state index in [0.717, 1.165) is 0 Å². The topological polar surface area (TPSA) is 114 Å². The number of methoxy groups -OCH3 is 2. The summed E-state index contributed by atoms with van der Waals surface area (Å²) in [4.78, 5) is 36.0. The molecule has 39 heavy (non-hydrogen) atoms. The molecule has 1 fully saturated rings. The van der Waals surface area contributed by atoms with Gasteiger partial charge in [-0.25, -0.2) is 4.98 Å². The molecule has 3 aromatic carbocycles. The molecule has 0 radical (unpaired) electrons. The number of aromatic nitrogens is 2. The van der Waals surface area contributed by atoms with E-state index in [-0.39, 0.29) is 17.3 Å². The second kappa shape index (κ2) is 10.5. The summed E-state index contributed by atoms with van der Waals surface area (Å²) in [5.41, 5.74) is 2.09. The van der Waals surface area contributed by atoms with Gasteiger partial charge < -0.3 is 24.3 Å². The number of rotatable bonds is 8. The first kappa shape index (κ1) is 25.8. The first-order valence-corrected chi connectivity index (χ1v) is 12.5. The van der Waals surface area contributed by atoms with Crippen LogP contribution in [-0.4, -0.2) is 47.6 Å². The molecule has 1 atom stereocenters. The van der Waals surface area contributed by atoms with E-state index in [2.05, 4.69) is 9.97 Å². The number of Topliss-reactive ketones (excluding diaryl/α,β-unsaturated/α-hetero) is 1. The van der Waals surface area contributed by atoms with E-state index in [1.54, 1.807) is 73.8 Å². The minimum Gasteiger partial charge on any atom is -0.507 e. The molecule has 1 saturated heterocycles. The lowest BCUT2D eigenvalue weighted by molar-refractivity contribution is -0.132. The SMILES string of the molecule is COc1cccc(C2/C(=C(\O)c3cccc(OCC(C)C)c3)C(=O)C(=O)N2c2nc3ccc(OC)cc3[nH]2)c1. The highest BCUT2D eigenvalue weighted by Crippen LogP contribution is 2.42. The van der Waals surface area contributed by atoms with Gasteiger partial charge in [-0.15, -0.1) is 0 Å². The zero-order chi connectivity index (χ0) is 27.7. The lowest BCUT2D eigenvalue weighted by atomic mass is 9.95. The van der Waals surface area contributed by atoms with Crippen LogP contribution in [0.2, 0.25) is 0 Å². The van der Waals surface area contributed by atoms with Crippen LogP contribution in [0.15, 0.2) is 72.3 Å². The second-order valence-electron chi connectivity index (χ2n) is 9.62. The van der Waals surface area contributed by atoms with Gasteiger partial charge in [0.25, 0.3) is 5.78 Å². The molecular formula is C30H29N3O6. The van der Waals surface area contributed by atoms with Crippen molar-refractivity contribution in [1.82, 2.24) is 9.97 Å². The van der Waals surface area contributed by atoms with Crippen molar-refractivity contribution in [1.29, 1.82) is 0 Å². The average Bonchev–Trinajstić information content (AvgIpc) is 3.49.